The lowest BCUT2D eigenvalue weighted by Gasteiger charge is -2.17. The number of carbonyl (C=O) groups is 2. The molecule has 0 spiro atoms. The van der Waals surface area contributed by atoms with E-state index in [1.54, 1.807) is 24.3 Å². The van der Waals surface area contributed by atoms with Gasteiger partial charge in [0.1, 0.15) is 0 Å². The number of amides is 2. The number of para-hydroxylation sites is 2. The minimum atomic E-state index is -0.690. The summed E-state index contributed by atoms with van der Waals surface area (Å²) in [5, 5.41) is 5.07. The Bertz CT molecular complexity index is 510. The molecule has 0 aliphatic heterocycles. The predicted molar refractivity (Wildman–Crippen MR) is 77.2 cm³/mol. The second-order valence-corrected chi connectivity index (χ2v) is 4.13. The van der Waals surface area contributed by atoms with Gasteiger partial charge in [-0.25, -0.2) is 9.21 Å². The molecule has 0 bridgehead atoms. The number of hydrogen-bond donors (Lipinski definition) is 2. The Kier molecular flexibility index (Phi) is 5.53. The molecule has 0 heterocycles. The Hall–Kier alpha value is -1.86. The van der Waals surface area contributed by atoms with Crippen LogP contribution in [0.15, 0.2) is 24.3 Å². The van der Waals surface area contributed by atoms with Crippen LogP contribution in [0, 0.1) is 0 Å². The van der Waals surface area contributed by atoms with Crippen LogP contribution in [-0.4, -0.2) is 24.2 Å². The van der Waals surface area contributed by atoms with Crippen molar-refractivity contribution in [2.45, 2.75) is 6.92 Å². The van der Waals surface area contributed by atoms with E-state index < -0.39 is 6.09 Å². The number of anilines is 2. The zero-order valence-corrected chi connectivity index (χ0v) is 11.8. The molecule has 1 aromatic rings. The lowest BCUT2D eigenvalue weighted by molar-refractivity contribution is -0.115. The van der Waals surface area contributed by atoms with Gasteiger partial charge in [0, 0.05) is 18.7 Å². The van der Waals surface area contributed by atoms with Gasteiger partial charge in [0.05, 0.1) is 18.5 Å². The van der Waals surface area contributed by atoms with Gasteiger partial charge in [-0.1, -0.05) is 12.1 Å². The topological polar surface area (TPSA) is 70.7 Å². The Labute approximate surface area is 120 Å². The van der Waals surface area contributed by atoms with Crippen LogP contribution < -0.4 is 15.1 Å². The van der Waals surface area contributed by atoms with Gasteiger partial charge in [-0.15, -0.1) is 0 Å². The second kappa shape index (κ2) is 6.91. The minimum absolute atomic E-state index is 0.0351. The summed E-state index contributed by atoms with van der Waals surface area (Å²) < 4.78 is 5.35. The Balaban J connectivity index is 2.86. The maximum Gasteiger partial charge on any atom is 0.413 e. The molecular weight excluding hydrogens is 290 g/mol. The van der Waals surface area contributed by atoms with Crippen molar-refractivity contribution in [2.75, 3.05) is 16.8 Å². The number of rotatable bonds is 2. The van der Waals surface area contributed by atoms with Gasteiger partial charge < -0.3 is 10.1 Å². The average Bonchev–Trinajstić information content (AvgIpc) is 2.38. The van der Waals surface area contributed by atoms with Crippen LogP contribution in [-0.2, 0) is 9.53 Å². The summed E-state index contributed by atoms with van der Waals surface area (Å²) in [4.78, 5) is 22.2. The fourth-order valence-corrected chi connectivity index (χ4v) is 1.56. The molecule has 1 rings (SSSR count). The lowest BCUT2D eigenvalue weighted by atomic mass is 10.2. The summed E-state index contributed by atoms with van der Waals surface area (Å²) in [5.41, 5.74) is 0.903. The molecule has 2 N–H and O–H groups in total. The molecule has 0 aromatic heterocycles. The van der Waals surface area contributed by atoms with Gasteiger partial charge in [-0.05, 0) is 24.4 Å². The van der Waals surface area contributed by atoms with Crippen LogP contribution in [0.2, 0.25) is 0 Å². The second-order valence-electron chi connectivity index (χ2n) is 3.39. The Morgan fingerprint density at radius 3 is 2.58 bits per heavy atom. The molecule has 1 aromatic carbocycles. The van der Waals surface area contributed by atoms with Crippen LogP contribution in [0.4, 0.5) is 16.2 Å². The smallest absolute Gasteiger partial charge is 0.413 e. The van der Waals surface area contributed by atoms with Crippen molar-refractivity contribution >= 4 is 52.5 Å². The van der Waals surface area contributed by atoms with E-state index in [1.165, 1.54) is 14.0 Å². The third kappa shape index (κ3) is 4.38. The van der Waals surface area contributed by atoms with Crippen molar-refractivity contribution in [3.63, 3.8) is 0 Å². The van der Waals surface area contributed by atoms with E-state index in [-0.39, 0.29) is 11.0 Å². The van der Waals surface area contributed by atoms with Gasteiger partial charge >= 0.3 is 6.09 Å². The molecule has 0 aliphatic carbocycles. The van der Waals surface area contributed by atoms with Crippen LogP contribution in [0.5, 0.6) is 0 Å². The van der Waals surface area contributed by atoms with Crippen molar-refractivity contribution in [2.24, 2.45) is 0 Å². The molecule has 0 aliphatic rings. The molecule has 102 valence electrons. The van der Waals surface area contributed by atoms with E-state index >= 15 is 0 Å². The zero-order chi connectivity index (χ0) is 14.4. The molecule has 0 atom stereocenters. The summed E-state index contributed by atoms with van der Waals surface area (Å²) in [5.74, 6) is -0.345. The number of nitrogens with zero attached hydrogens (tertiary/aromatic N) is 1. The number of methoxy groups -OCH3 is 1. The quantitative estimate of drug-likeness (QED) is 0.647. The molecule has 0 radical (unpaired) electrons. The molecule has 0 unspecified atom stereocenters. The predicted octanol–water partition coefficient (Wildman–Crippen LogP) is 2.25. The molecule has 19 heavy (non-hydrogen) atoms. The van der Waals surface area contributed by atoms with Crippen molar-refractivity contribution in [3.8, 4) is 0 Å². The molecule has 2 amide bonds. The Morgan fingerprint density at radius 2 is 2.00 bits per heavy atom. The third-order valence-electron chi connectivity index (χ3n) is 2.04. The van der Waals surface area contributed by atoms with E-state index in [1.807, 2.05) is 0 Å². The standard InChI is InChI=1S/C11H12ClN3O3S/c1-7(16)15(12)9-6-4-3-5-8(9)13-10(19)14-11(17)18-2/h3-6H,1-2H3,(H2,13,14,17,19). The summed E-state index contributed by atoms with van der Waals surface area (Å²) in [6, 6.07) is 6.75. The number of hydrogen-bond acceptors (Lipinski definition) is 4. The maximum absolute atomic E-state index is 11.2. The average molecular weight is 302 g/mol. The maximum atomic E-state index is 11.2. The highest BCUT2D eigenvalue weighted by atomic mass is 35.5. The zero-order valence-electron chi connectivity index (χ0n) is 10.3. The fraction of sp³-hybridized carbons (Fsp3) is 0.182. The highest BCUT2D eigenvalue weighted by Gasteiger charge is 2.14. The van der Waals surface area contributed by atoms with Crippen molar-refractivity contribution in [3.05, 3.63) is 24.3 Å². The molecule has 0 saturated heterocycles. The van der Waals surface area contributed by atoms with Crippen molar-refractivity contribution in [1.82, 2.24) is 5.32 Å². The van der Waals surface area contributed by atoms with E-state index in [9.17, 15) is 9.59 Å². The van der Waals surface area contributed by atoms with Crippen molar-refractivity contribution < 1.29 is 14.3 Å². The highest BCUT2D eigenvalue weighted by molar-refractivity contribution is 7.80. The van der Waals surface area contributed by atoms with E-state index in [2.05, 4.69) is 15.4 Å². The molecular formula is C11H12ClN3O3S. The number of carbonyl (C=O) groups excluding carboxylic acids is 2. The normalized spacial score (nSPS) is 9.42. The first-order valence-electron chi connectivity index (χ1n) is 5.17. The molecule has 0 fully saturated rings. The largest absolute Gasteiger partial charge is 0.453 e. The van der Waals surface area contributed by atoms with Gasteiger partial charge in [0.15, 0.2) is 5.11 Å². The van der Waals surface area contributed by atoms with E-state index in [0.717, 1.165) is 4.42 Å². The van der Waals surface area contributed by atoms with Gasteiger partial charge in [-0.2, -0.15) is 0 Å². The van der Waals surface area contributed by atoms with E-state index in [0.29, 0.717) is 11.4 Å². The minimum Gasteiger partial charge on any atom is -0.453 e. The van der Waals surface area contributed by atoms with Crippen LogP contribution in [0.1, 0.15) is 6.92 Å². The third-order valence-corrected chi connectivity index (χ3v) is 2.67. The fourth-order valence-electron chi connectivity index (χ4n) is 1.22. The number of thiocarbonyl (C=S) groups is 1. The molecule has 0 saturated carbocycles. The highest BCUT2D eigenvalue weighted by Crippen LogP contribution is 2.27. The van der Waals surface area contributed by atoms with Gasteiger partial charge in [0.25, 0.3) is 0 Å². The van der Waals surface area contributed by atoms with Gasteiger partial charge in [-0.3, -0.25) is 10.1 Å². The first kappa shape index (κ1) is 15.2. The molecule has 6 nitrogen and oxygen atoms in total. The molecule has 8 heteroatoms. The first-order chi connectivity index (χ1) is 8.95. The van der Waals surface area contributed by atoms with Crippen LogP contribution in [0.3, 0.4) is 0 Å². The monoisotopic (exact) mass is 301 g/mol. The number of alkyl carbamates (subject to hydrolysis) is 1. The summed E-state index contributed by atoms with van der Waals surface area (Å²) in [6.07, 6.45) is -0.690. The number of ether oxygens (including phenoxy) is 1. The summed E-state index contributed by atoms with van der Waals surface area (Å²) in [6.45, 7) is 1.33. The van der Waals surface area contributed by atoms with Crippen molar-refractivity contribution in [1.29, 1.82) is 0 Å². The van der Waals surface area contributed by atoms with Crippen LogP contribution >= 0.6 is 24.0 Å². The van der Waals surface area contributed by atoms with Gasteiger partial charge in [0.2, 0.25) is 5.91 Å². The lowest BCUT2D eigenvalue weighted by Crippen LogP contribution is -2.34. The summed E-state index contributed by atoms with van der Waals surface area (Å²) in [7, 11) is 1.22. The number of benzene rings is 1. The first-order valence-corrected chi connectivity index (χ1v) is 5.91. The number of nitrogens with one attached hydrogen (secondary N) is 2. The Morgan fingerprint density at radius 1 is 1.37 bits per heavy atom. The summed E-state index contributed by atoms with van der Waals surface area (Å²) >= 11 is 10.8. The van der Waals surface area contributed by atoms with Crippen LogP contribution in [0.25, 0.3) is 0 Å². The SMILES string of the molecule is COC(=O)NC(=S)Nc1ccccc1N(Cl)C(C)=O. The van der Waals surface area contributed by atoms with E-state index in [4.69, 9.17) is 24.0 Å². The number of halogens is 1.